The Labute approximate surface area is 130 Å². The van der Waals surface area contributed by atoms with Gasteiger partial charge >= 0.3 is 0 Å². The molecule has 1 heterocycles. The molecular formula is C15H21N3O2S. The van der Waals surface area contributed by atoms with Crippen LogP contribution in [-0.2, 0) is 9.53 Å². The van der Waals surface area contributed by atoms with Crippen molar-refractivity contribution in [2.75, 3.05) is 36.5 Å². The Balaban J connectivity index is 1.87. The maximum Gasteiger partial charge on any atom is 0.226 e. The van der Waals surface area contributed by atoms with Crippen LogP contribution in [0.25, 0.3) is 0 Å². The van der Waals surface area contributed by atoms with Crippen LogP contribution in [0.2, 0.25) is 0 Å². The zero-order valence-electron chi connectivity index (χ0n) is 12.2. The maximum atomic E-state index is 11.4. The molecule has 114 valence electrons. The zero-order chi connectivity index (χ0) is 15.1. The van der Waals surface area contributed by atoms with Crippen molar-refractivity contribution in [1.82, 2.24) is 5.32 Å². The zero-order valence-corrected chi connectivity index (χ0v) is 13.0. The van der Waals surface area contributed by atoms with E-state index in [2.05, 4.69) is 15.5 Å². The van der Waals surface area contributed by atoms with E-state index < -0.39 is 0 Å². The number of hydrogen-bond acceptors (Lipinski definition) is 4. The highest BCUT2D eigenvalue weighted by Gasteiger charge is 2.11. The lowest BCUT2D eigenvalue weighted by Crippen LogP contribution is -2.36. The quantitative estimate of drug-likeness (QED) is 0.835. The van der Waals surface area contributed by atoms with E-state index in [-0.39, 0.29) is 5.91 Å². The normalized spacial score (nSPS) is 14.6. The maximum absolute atomic E-state index is 11.4. The number of amides is 1. The molecule has 1 saturated heterocycles. The smallest absolute Gasteiger partial charge is 0.226 e. The molecule has 2 rings (SSSR count). The lowest BCUT2D eigenvalue weighted by atomic mass is 10.2. The van der Waals surface area contributed by atoms with Gasteiger partial charge in [-0.1, -0.05) is 6.92 Å². The van der Waals surface area contributed by atoms with Crippen molar-refractivity contribution in [2.45, 2.75) is 19.8 Å². The summed E-state index contributed by atoms with van der Waals surface area (Å²) in [6.45, 7) is 5.33. The third kappa shape index (κ3) is 4.99. The number of thiocarbonyl (C=S) groups is 1. The molecule has 0 atom stereocenters. The summed E-state index contributed by atoms with van der Waals surface area (Å²) in [5, 5.41) is 6.02. The van der Waals surface area contributed by atoms with Crippen molar-refractivity contribution in [3.63, 3.8) is 0 Å². The highest BCUT2D eigenvalue weighted by Crippen LogP contribution is 2.18. The van der Waals surface area contributed by atoms with Gasteiger partial charge in [-0.2, -0.15) is 0 Å². The van der Waals surface area contributed by atoms with E-state index in [9.17, 15) is 4.79 Å². The van der Waals surface area contributed by atoms with Gasteiger partial charge in [-0.25, -0.2) is 0 Å². The first-order chi connectivity index (χ1) is 10.2. The summed E-state index contributed by atoms with van der Waals surface area (Å²) in [6.07, 6.45) is 1.29. The molecule has 0 bridgehead atoms. The lowest BCUT2D eigenvalue weighted by Gasteiger charge is -2.28. The van der Waals surface area contributed by atoms with Crippen LogP contribution in [-0.4, -0.2) is 37.3 Å². The Morgan fingerprint density at radius 3 is 2.57 bits per heavy atom. The molecule has 1 aliphatic rings. The van der Waals surface area contributed by atoms with Gasteiger partial charge in [0, 0.05) is 30.9 Å². The molecule has 1 aromatic rings. The number of nitrogens with one attached hydrogen (secondary N) is 2. The molecular weight excluding hydrogens is 286 g/mol. The summed E-state index contributed by atoms with van der Waals surface area (Å²) in [6, 6.07) is 8.01. The summed E-state index contributed by atoms with van der Waals surface area (Å²) in [4.78, 5) is 13.7. The first-order valence-electron chi connectivity index (χ1n) is 7.22. The van der Waals surface area contributed by atoms with Gasteiger partial charge in [-0.15, -0.1) is 0 Å². The fourth-order valence-corrected chi connectivity index (χ4v) is 2.39. The van der Waals surface area contributed by atoms with Gasteiger partial charge in [0.05, 0.1) is 13.2 Å². The fraction of sp³-hybridized carbons (Fsp3) is 0.467. The van der Waals surface area contributed by atoms with Crippen LogP contribution >= 0.6 is 12.2 Å². The van der Waals surface area contributed by atoms with Gasteiger partial charge in [-0.3, -0.25) is 4.79 Å². The Morgan fingerprint density at radius 2 is 1.95 bits per heavy atom. The standard InChI is InChI=1S/C15H21N3O2S/c1-2-3-14(19)17-15(21)16-12-4-6-13(7-5-12)18-8-10-20-11-9-18/h4-7H,2-3,8-11H2,1H3,(H2,16,17,19,21). The average molecular weight is 307 g/mol. The number of nitrogens with zero attached hydrogens (tertiary/aromatic N) is 1. The third-order valence-electron chi connectivity index (χ3n) is 3.23. The van der Waals surface area contributed by atoms with E-state index in [1.54, 1.807) is 0 Å². The molecule has 0 unspecified atom stereocenters. The number of carbonyl (C=O) groups excluding carboxylic acids is 1. The molecule has 2 N–H and O–H groups in total. The van der Waals surface area contributed by atoms with Gasteiger partial charge in [0.2, 0.25) is 5.91 Å². The first kappa shape index (κ1) is 15.7. The second-order valence-electron chi connectivity index (χ2n) is 4.90. The number of rotatable bonds is 4. The minimum atomic E-state index is -0.0556. The van der Waals surface area contributed by atoms with E-state index in [0.717, 1.165) is 38.4 Å². The molecule has 0 radical (unpaired) electrons. The Hall–Kier alpha value is -1.66. The van der Waals surface area contributed by atoms with Gasteiger partial charge in [-0.05, 0) is 42.9 Å². The van der Waals surface area contributed by atoms with Crippen LogP contribution in [0.3, 0.4) is 0 Å². The molecule has 5 nitrogen and oxygen atoms in total. The van der Waals surface area contributed by atoms with E-state index >= 15 is 0 Å². The monoisotopic (exact) mass is 307 g/mol. The Bertz CT molecular complexity index is 484. The predicted molar refractivity (Wildman–Crippen MR) is 88.7 cm³/mol. The second kappa shape index (κ2) is 7.95. The second-order valence-corrected chi connectivity index (χ2v) is 5.31. The minimum absolute atomic E-state index is 0.0556. The summed E-state index contributed by atoms with van der Waals surface area (Å²) in [7, 11) is 0. The van der Waals surface area contributed by atoms with Crippen molar-refractivity contribution in [3.05, 3.63) is 24.3 Å². The molecule has 0 aromatic heterocycles. The van der Waals surface area contributed by atoms with Crippen LogP contribution in [0.4, 0.5) is 11.4 Å². The van der Waals surface area contributed by atoms with Crippen molar-refractivity contribution in [3.8, 4) is 0 Å². The number of carbonyl (C=O) groups is 1. The largest absolute Gasteiger partial charge is 0.378 e. The van der Waals surface area contributed by atoms with Gasteiger partial charge < -0.3 is 20.3 Å². The number of morpholine rings is 1. The molecule has 0 saturated carbocycles. The molecule has 0 spiro atoms. The number of ether oxygens (including phenoxy) is 1. The minimum Gasteiger partial charge on any atom is -0.378 e. The number of hydrogen-bond donors (Lipinski definition) is 2. The highest BCUT2D eigenvalue weighted by atomic mass is 32.1. The number of anilines is 2. The van der Waals surface area contributed by atoms with Crippen molar-refractivity contribution in [2.24, 2.45) is 0 Å². The molecule has 6 heteroatoms. The molecule has 1 aromatic carbocycles. The predicted octanol–water partition coefficient (Wildman–Crippen LogP) is 2.14. The average Bonchev–Trinajstić information content (AvgIpc) is 2.49. The summed E-state index contributed by atoms with van der Waals surface area (Å²) in [5.41, 5.74) is 2.04. The highest BCUT2D eigenvalue weighted by molar-refractivity contribution is 7.80. The SMILES string of the molecule is CCCC(=O)NC(=S)Nc1ccc(N2CCOCC2)cc1. The van der Waals surface area contributed by atoms with Crippen LogP contribution in [0.1, 0.15) is 19.8 Å². The first-order valence-corrected chi connectivity index (χ1v) is 7.63. The molecule has 0 aliphatic carbocycles. The van der Waals surface area contributed by atoms with Crippen molar-refractivity contribution >= 4 is 34.6 Å². The summed E-state index contributed by atoms with van der Waals surface area (Å²) >= 11 is 5.11. The summed E-state index contributed by atoms with van der Waals surface area (Å²) in [5.74, 6) is -0.0556. The lowest BCUT2D eigenvalue weighted by molar-refractivity contribution is -0.119. The third-order valence-corrected chi connectivity index (χ3v) is 3.44. The molecule has 1 amide bonds. The van der Waals surface area contributed by atoms with E-state index in [4.69, 9.17) is 17.0 Å². The van der Waals surface area contributed by atoms with Gasteiger partial charge in [0.1, 0.15) is 0 Å². The Kier molecular flexibility index (Phi) is 5.95. The van der Waals surface area contributed by atoms with Gasteiger partial charge in [0.25, 0.3) is 0 Å². The van der Waals surface area contributed by atoms with E-state index in [1.165, 1.54) is 5.69 Å². The number of benzene rings is 1. The Morgan fingerprint density at radius 1 is 1.29 bits per heavy atom. The molecule has 1 aliphatic heterocycles. The van der Waals surface area contributed by atoms with Crippen LogP contribution in [0.5, 0.6) is 0 Å². The van der Waals surface area contributed by atoms with Crippen LogP contribution < -0.4 is 15.5 Å². The van der Waals surface area contributed by atoms with Crippen molar-refractivity contribution < 1.29 is 9.53 Å². The van der Waals surface area contributed by atoms with E-state index in [1.807, 2.05) is 31.2 Å². The fourth-order valence-electron chi connectivity index (χ4n) is 2.16. The topological polar surface area (TPSA) is 53.6 Å². The molecule has 1 fully saturated rings. The molecule has 21 heavy (non-hydrogen) atoms. The van der Waals surface area contributed by atoms with E-state index in [0.29, 0.717) is 11.5 Å². The summed E-state index contributed by atoms with van der Waals surface area (Å²) < 4.78 is 5.34. The van der Waals surface area contributed by atoms with Crippen LogP contribution in [0, 0.1) is 0 Å². The van der Waals surface area contributed by atoms with Crippen molar-refractivity contribution in [1.29, 1.82) is 0 Å². The van der Waals surface area contributed by atoms with Gasteiger partial charge in [0.15, 0.2) is 5.11 Å². The van der Waals surface area contributed by atoms with Crippen LogP contribution in [0.15, 0.2) is 24.3 Å².